The zero-order valence-corrected chi connectivity index (χ0v) is 9.89. The van der Waals surface area contributed by atoms with Crippen molar-refractivity contribution in [3.8, 4) is 5.88 Å². The molecule has 0 aromatic carbocycles. The van der Waals surface area contributed by atoms with Gasteiger partial charge < -0.3 is 10.5 Å². The number of aromatic nitrogens is 4. The van der Waals surface area contributed by atoms with Crippen molar-refractivity contribution in [1.82, 2.24) is 20.2 Å². The molecule has 0 saturated heterocycles. The number of aromatic amines is 1. The average molecular weight is 248 g/mol. The van der Waals surface area contributed by atoms with Crippen molar-refractivity contribution in [1.29, 1.82) is 0 Å². The second-order valence-electron chi connectivity index (χ2n) is 3.53. The minimum absolute atomic E-state index is 0.144. The summed E-state index contributed by atoms with van der Waals surface area (Å²) in [4.78, 5) is 19.9. The van der Waals surface area contributed by atoms with Crippen LogP contribution in [0.5, 0.6) is 5.88 Å². The Balaban J connectivity index is 2.22. The summed E-state index contributed by atoms with van der Waals surface area (Å²) in [5.74, 6) is 0.0545. The molecule has 0 aliphatic rings. The number of ether oxygens (including phenoxy) is 1. The maximum absolute atomic E-state index is 11.8. The summed E-state index contributed by atoms with van der Waals surface area (Å²) in [5, 5.41) is 8.66. The molecule has 94 valence electrons. The summed E-state index contributed by atoms with van der Waals surface area (Å²) in [6.07, 6.45) is 1.35. The lowest BCUT2D eigenvalue weighted by Gasteiger charge is -2.05. The largest absolute Gasteiger partial charge is 0.481 e. The van der Waals surface area contributed by atoms with Crippen molar-refractivity contribution in [2.45, 2.75) is 6.92 Å². The smallest absolute Gasteiger partial charge is 0.278 e. The van der Waals surface area contributed by atoms with Crippen molar-refractivity contribution >= 4 is 17.5 Å². The Morgan fingerprint density at radius 1 is 1.50 bits per heavy atom. The maximum atomic E-state index is 11.8. The fraction of sp³-hybridized carbons (Fsp3) is 0.200. The van der Waals surface area contributed by atoms with Gasteiger partial charge in [-0.25, -0.2) is 4.98 Å². The second kappa shape index (κ2) is 4.70. The predicted octanol–water partition coefficient (Wildman–Crippen LogP) is 0.351. The van der Waals surface area contributed by atoms with Crippen molar-refractivity contribution in [2.24, 2.45) is 0 Å². The molecular weight excluding hydrogens is 236 g/mol. The molecule has 8 nitrogen and oxygen atoms in total. The molecule has 2 rings (SSSR count). The van der Waals surface area contributed by atoms with E-state index in [1.807, 2.05) is 0 Å². The molecule has 0 fully saturated rings. The summed E-state index contributed by atoms with van der Waals surface area (Å²) in [5.41, 5.74) is 6.66. The van der Waals surface area contributed by atoms with Gasteiger partial charge in [0.25, 0.3) is 5.91 Å². The molecule has 0 aliphatic carbocycles. The lowest BCUT2D eigenvalue weighted by molar-refractivity contribution is 0.102. The first-order valence-electron chi connectivity index (χ1n) is 5.10. The third-order valence-corrected chi connectivity index (χ3v) is 2.16. The first-order valence-corrected chi connectivity index (χ1v) is 5.10. The number of amides is 1. The van der Waals surface area contributed by atoms with Crippen LogP contribution in [-0.2, 0) is 0 Å². The Kier molecular flexibility index (Phi) is 3.09. The molecular formula is C10H12N6O2. The van der Waals surface area contributed by atoms with E-state index < -0.39 is 5.91 Å². The molecule has 0 aliphatic heterocycles. The number of nitrogens with two attached hydrogens (primary N) is 1. The van der Waals surface area contributed by atoms with Gasteiger partial charge in [-0.1, -0.05) is 0 Å². The van der Waals surface area contributed by atoms with Crippen LogP contribution in [0.25, 0.3) is 0 Å². The van der Waals surface area contributed by atoms with Crippen LogP contribution in [0, 0.1) is 6.92 Å². The number of aryl methyl sites for hydroxylation is 1. The zero-order chi connectivity index (χ0) is 13.1. The molecule has 8 heteroatoms. The Bertz CT molecular complexity index is 579. The van der Waals surface area contributed by atoms with E-state index in [0.717, 1.165) is 0 Å². The molecule has 4 N–H and O–H groups in total. The van der Waals surface area contributed by atoms with Gasteiger partial charge in [-0.05, 0) is 6.92 Å². The molecule has 1 amide bonds. The Morgan fingerprint density at radius 2 is 2.28 bits per heavy atom. The van der Waals surface area contributed by atoms with E-state index in [-0.39, 0.29) is 17.3 Å². The van der Waals surface area contributed by atoms with Crippen LogP contribution in [0.4, 0.5) is 11.6 Å². The van der Waals surface area contributed by atoms with Crippen molar-refractivity contribution in [3.63, 3.8) is 0 Å². The quantitative estimate of drug-likeness (QED) is 0.721. The van der Waals surface area contributed by atoms with Crippen LogP contribution < -0.4 is 15.8 Å². The molecule has 0 atom stereocenters. The fourth-order valence-electron chi connectivity index (χ4n) is 1.34. The number of hydrogen-bond donors (Lipinski definition) is 3. The Hall–Kier alpha value is -2.64. The van der Waals surface area contributed by atoms with Gasteiger partial charge >= 0.3 is 0 Å². The molecule has 0 saturated carbocycles. The van der Waals surface area contributed by atoms with E-state index in [0.29, 0.717) is 11.6 Å². The van der Waals surface area contributed by atoms with E-state index in [9.17, 15) is 4.79 Å². The van der Waals surface area contributed by atoms with Gasteiger partial charge in [-0.15, -0.1) is 0 Å². The highest BCUT2D eigenvalue weighted by Gasteiger charge is 2.13. The van der Waals surface area contributed by atoms with Gasteiger partial charge in [0.05, 0.1) is 19.0 Å². The van der Waals surface area contributed by atoms with E-state index in [1.54, 1.807) is 13.0 Å². The topological polar surface area (TPSA) is 119 Å². The molecule has 18 heavy (non-hydrogen) atoms. The minimum Gasteiger partial charge on any atom is -0.481 e. The van der Waals surface area contributed by atoms with Crippen LogP contribution in [-0.4, -0.2) is 33.2 Å². The molecule has 2 heterocycles. The van der Waals surface area contributed by atoms with Crippen LogP contribution in [0.1, 0.15) is 16.2 Å². The number of carbonyl (C=O) groups excluding carboxylic acids is 1. The van der Waals surface area contributed by atoms with Crippen molar-refractivity contribution < 1.29 is 9.53 Å². The lowest BCUT2D eigenvalue weighted by atomic mass is 10.3. The zero-order valence-electron chi connectivity index (χ0n) is 9.89. The van der Waals surface area contributed by atoms with Gasteiger partial charge in [0.1, 0.15) is 5.69 Å². The van der Waals surface area contributed by atoms with Crippen molar-refractivity contribution in [3.05, 3.63) is 23.7 Å². The number of carbonyl (C=O) groups is 1. The molecule has 0 spiro atoms. The van der Waals surface area contributed by atoms with Crippen LogP contribution >= 0.6 is 0 Å². The van der Waals surface area contributed by atoms with Gasteiger partial charge in [0.15, 0.2) is 0 Å². The first-order chi connectivity index (χ1) is 8.60. The highest BCUT2D eigenvalue weighted by molar-refractivity contribution is 6.05. The maximum Gasteiger partial charge on any atom is 0.278 e. The number of hydrogen-bond acceptors (Lipinski definition) is 6. The van der Waals surface area contributed by atoms with E-state index in [2.05, 4.69) is 25.5 Å². The van der Waals surface area contributed by atoms with E-state index in [1.165, 1.54) is 13.3 Å². The summed E-state index contributed by atoms with van der Waals surface area (Å²) in [6.45, 7) is 1.77. The Labute approximate surface area is 103 Å². The second-order valence-corrected chi connectivity index (χ2v) is 3.53. The number of nitrogens with zero attached hydrogens (tertiary/aromatic N) is 3. The number of nitrogen functional groups attached to an aromatic ring is 1. The Morgan fingerprint density at radius 3 is 2.89 bits per heavy atom. The summed E-state index contributed by atoms with van der Waals surface area (Å²) < 4.78 is 4.98. The molecule has 0 radical (unpaired) electrons. The molecule has 2 aromatic rings. The highest BCUT2D eigenvalue weighted by atomic mass is 16.5. The van der Waals surface area contributed by atoms with Crippen molar-refractivity contribution in [2.75, 3.05) is 18.2 Å². The number of rotatable bonds is 3. The van der Waals surface area contributed by atoms with E-state index in [4.69, 9.17) is 10.5 Å². The van der Waals surface area contributed by atoms with Gasteiger partial charge in [-0.3, -0.25) is 15.2 Å². The van der Waals surface area contributed by atoms with Crippen LogP contribution in [0.15, 0.2) is 12.3 Å². The average Bonchev–Trinajstić information content (AvgIpc) is 2.74. The van der Waals surface area contributed by atoms with Crippen LogP contribution in [0.3, 0.4) is 0 Å². The third kappa shape index (κ3) is 2.37. The number of nitrogens with one attached hydrogen (secondary N) is 2. The van der Waals surface area contributed by atoms with Gasteiger partial charge in [0, 0.05) is 11.8 Å². The summed E-state index contributed by atoms with van der Waals surface area (Å²) in [6, 6.07) is 1.65. The number of methoxy groups -OCH3 is 1. The molecule has 0 unspecified atom stereocenters. The first kappa shape index (κ1) is 11.8. The van der Waals surface area contributed by atoms with Gasteiger partial charge in [0.2, 0.25) is 11.8 Å². The standard InChI is InChI=1S/C10H12N6O2/c1-5-3-7(18-2)14-10(13-5)15-9(17)8-6(11)4-12-16-8/h3-4H,11H2,1-2H3,(H,12,16)(H,13,14,15,17). The third-order valence-electron chi connectivity index (χ3n) is 2.16. The SMILES string of the molecule is COc1cc(C)nc(NC(=O)c2[nH]ncc2N)n1. The predicted molar refractivity (Wildman–Crippen MR) is 64.3 cm³/mol. The summed E-state index contributed by atoms with van der Waals surface area (Å²) in [7, 11) is 1.49. The monoisotopic (exact) mass is 248 g/mol. The number of H-pyrrole nitrogens is 1. The number of anilines is 2. The molecule has 2 aromatic heterocycles. The summed E-state index contributed by atoms with van der Waals surface area (Å²) >= 11 is 0. The minimum atomic E-state index is -0.461. The van der Waals surface area contributed by atoms with Crippen LogP contribution in [0.2, 0.25) is 0 Å². The highest BCUT2D eigenvalue weighted by Crippen LogP contribution is 2.13. The normalized spacial score (nSPS) is 10.1. The molecule has 0 bridgehead atoms. The lowest BCUT2D eigenvalue weighted by Crippen LogP contribution is -2.16. The van der Waals surface area contributed by atoms with Gasteiger partial charge in [-0.2, -0.15) is 10.1 Å². The van der Waals surface area contributed by atoms with E-state index >= 15 is 0 Å². The fourth-order valence-corrected chi connectivity index (χ4v) is 1.34.